The lowest BCUT2D eigenvalue weighted by atomic mass is 10.1. The van der Waals surface area contributed by atoms with Crippen LogP contribution in [0, 0.1) is 6.92 Å². The molecule has 0 bridgehead atoms. The third kappa shape index (κ3) is 6.26. The Morgan fingerprint density at radius 3 is 2.27 bits per heavy atom. The van der Waals surface area contributed by atoms with Gasteiger partial charge in [-0.05, 0) is 44.7 Å². The largest absolute Gasteiger partial charge is 0.462 e. The van der Waals surface area contributed by atoms with E-state index in [1.54, 1.807) is 13.0 Å². The molecule has 0 unspecified atom stereocenters. The molecule has 2 saturated heterocycles. The van der Waals surface area contributed by atoms with E-state index in [1.165, 1.54) is 17.8 Å². The Labute approximate surface area is 182 Å². The van der Waals surface area contributed by atoms with Crippen molar-refractivity contribution in [3.8, 4) is 0 Å². The number of nitrogens with one attached hydrogen (secondary N) is 1. The Morgan fingerprint density at radius 2 is 1.63 bits per heavy atom. The van der Waals surface area contributed by atoms with Crippen LogP contribution in [0.15, 0.2) is 6.07 Å². The molecule has 0 radical (unpaired) electrons. The first-order chi connectivity index (χ1) is 14.5. The number of thiophene rings is 1. The van der Waals surface area contributed by atoms with Gasteiger partial charge in [-0.3, -0.25) is 19.4 Å². The van der Waals surface area contributed by atoms with Crippen LogP contribution in [0.1, 0.15) is 41.4 Å². The molecule has 0 aliphatic carbocycles. The van der Waals surface area contributed by atoms with Gasteiger partial charge >= 0.3 is 5.97 Å². The summed E-state index contributed by atoms with van der Waals surface area (Å²) in [4.78, 5) is 43.6. The molecule has 166 valence electrons. The predicted molar refractivity (Wildman–Crippen MR) is 117 cm³/mol. The molecule has 2 fully saturated rings. The maximum Gasteiger partial charge on any atom is 0.348 e. The van der Waals surface area contributed by atoms with Crippen LogP contribution in [-0.4, -0.2) is 91.4 Å². The Hall–Kier alpha value is -1.97. The smallest absolute Gasteiger partial charge is 0.348 e. The van der Waals surface area contributed by atoms with Gasteiger partial charge in [0.2, 0.25) is 11.8 Å². The zero-order chi connectivity index (χ0) is 21.5. The van der Waals surface area contributed by atoms with Crippen molar-refractivity contribution in [3.63, 3.8) is 0 Å². The summed E-state index contributed by atoms with van der Waals surface area (Å²) in [5.41, 5.74) is 0.806. The minimum absolute atomic E-state index is 0.0931. The molecule has 0 atom stereocenters. The molecule has 3 rings (SSSR count). The Morgan fingerprint density at radius 1 is 1.00 bits per heavy atom. The first-order valence-corrected chi connectivity index (χ1v) is 11.6. The molecule has 0 saturated carbocycles. The van der Waals surface area contributed by atoms with Crippen molar-refractivity contribution in [1.29, 1.82) is 0 Å². The molecule has 2 aliphatic rings. The fraction of sp³-hybridized carbons (Fsp3) is 0.667. The van der Waals surface area contributed by atoms with E-state index in [1.807, 2.05) is 11.8 Å². The van der Waals surface area contributed by atoms with Crippen molar-refractivity contribution in [2.24, 2.45) is 0 Å². The van der Waals surface area contributed by atoms with E-state index in [2.05, 4.69) is 15.1 Å². The molecule has 3 heterocycles. The number of carbonyl (C=O) groups is 3. The van der Waals surface area contributed by atoms with Gasteiger partial charge in [0, 0.05) is 39.3 Å². The molecule has 8 nitrogen and oxygen atoms in total. The van der Waals surface area contributed by atoms with Gasteiger partial charge in [-0.1, -0.05) is 0 Å². The van der Waals surface area contributed by atoms with Gasteiger partial charge < -0.3 is 15.0 Å². The van der Waals surface area contributed by atoms with Crippen LogP contribution in [0.2, 0.25) is 0 Å². The summed E-state index contributed by atoms with van der Waals surface area (Å²) in [5.74, 6) is -0.216. The maximum absolute atomic E-state index is 12.4. The van der Waals surface area contributed by atoms with E-state index in [9.17, 15) is 14.4 Å². The third-order valence-corrected chi connectivity index (χ3v) is 6.67. The van der Waals surface area contributed by atoms with Gasteiger partial charge in [0.25, 0.3) is 0 Å². The van der Waals surface area contributed by atoms with Crippen molar-refractivity contribution in [1.82, 2.24) is 14.7 Å². The number of amides is 2. The van der Waals surface area contributed by atoms with Crippen molar-refractivity contribution in [2.75, 3.05) is 64.3 Å². The van der Waals surface area contributed by atoms with Crippen LogP contribution in [0.25, 0.3) is 0 Å². The lowest BCUT2D eigenvalue weighted by Crippen LogP contribution is -2.51. The second-order valence-corrected chi connectivity index (χ2v) is 8.94. The van der Waals surface area contributed by atoms with Gasteiger partial charge in [0.15, 0.2) is 0 Å². The molecular weight excluding hydrogens is 404 g/mol. The fourth-order valence-corrected chi connectivity index (χ4v) is 4.85. The van der Waals surface area contributed by atoms with Gasteiger partial charge in [-0.15, -0.1) is 11.3 Å². The number of hydrogen-bond acceptors (Lipinski definition) is 7. The summed E-state index contributed by atoms with van der Waals surface area (Å²) in [6.07, 6.45) is 3.44. The van der Waals surface area contributed by atoms with Crippen molar-refractivity contribution in [3.05, 3.63) is 16.5 Å². The van der Waals surface area contributed by atoms with Gasteiger partial charge in [0.1, 0.15) is 4.88 Å². The normalized spacial score (nSPS) is 18.3. The molecule has 1 aromatic rings. The predicted octanol–water partition coefficient (Wildman–Crippen LogP) is 1.80. The molecule has 30 heavy (non-hydrogen) atoms. The molecule has 1 aromatic heterocycles. The standard InChI is InChI=1S/C21H32N4O4S/c1-3-29-21(28)20-16(2)13-18(30-20)22-17(26)14-23-9-11-24(12-10-23)15-19(27)25-7-5-4-6-8-25/h13H,3-12,14-15H2,1-2H3,(H,22,26). The van der Waals surface area contributed by atoms with Crippen molar-refractivity contribution < 1.29 is 19.1 Å². The van der Waals surface area contributed by atoms with Crippen molar-refractivity contribution in [2.45, 2.75) is 33.1 Å². The molecule has 1 N–H and O–H groups in total. The summed E-state index contributed by atoms with van der Waals surface area (Å²) in [7, 11) is 0. The maximum atomic E-state index is 12.4. The quantitative estimate of drug-likeness (QED) is 0.657. The number of piperidine rings is 1. The average molecular weight is 437 g/mol. The minimum Gasteiger partial charge on any atom is -0.462 e. The third-order valence-electron chi connectivity index (χ3n) is 5.54. The number of aryl methyl sites for hydroxylation is 1. The van der Waals surface area contributed by atoms with Gasteiger partial charge in [0.05, 0.1) is 24.7 Å². The molecule has 9 heteroatoms. The van der Waals surface area contributed by atoms with Crippen LogP contribution < -0.4 is 5.32 Å². The summed E-state index contributed by atoms with van der Waals surface area (Å²) in [6, 6.07) is 1.80. The monoisotopic (exact) mass is 436 g/mol. The van der Waals surface area contributed by atoms with Gasteiger partial charge in [-0.2, -0.15) is 0 Å². The lowest BCUT2D eigenvalue weighted by molar-refractivity contribution is -0.134. The second-order valence-electron chi connectivity index (χ2n) is 7.89. The van der Waals surface area contributed by atoms with E-state index in [-0.39, 0.29) is 17.8 Å². The zero-order valence-corrected chi connectivity index (χ0v) is 18.8. The number of carbonyl (C=O) groups excluding carboxylic acids is 3. The SMILES string of the molecule is CCOC(=O)c1sc(NC(=O)CN2CCN(CC(=O)N3CCCCC3)CC2)cc1C. The highest BCUT2D eigenvalue weighted by Gasteiger charge is 2.24. The average Bonchev–Trinajstić information content (AvgIpc) is 3.10. The van der Waals surface area contributed by atoms with Crippen LogP contribution in [-0.2, 0) is 14.3 Å². The number of ether oxygens (including phenoxy) is 1. The molecular formula is C21H32N4O4S. The highest BCUT2D eigenvalue weighted by Crippen LogP contribution is 2.27. The number of rotatable bonds is 7. The topological polar surface area (TPSA) is 82.2 Å². The van der Waals surface area contributed by atoms with Crippen LogP contribution in [0.5, 0.6) is 0 Å². The van der Waals surface area contributed by atoms with Crippen LogP contribution in [0.3, 0.4) is 0 Å². The van der Waals surface area contributed by atoms with E-state index in [0.717, 1.165) is 57.7 Å². The number of piperazine rings is 1. The molecule has 0 spiro atoms. The first-order valence-electron chi connectivity index (χ1n) is 10.8. The van der Waals surface area contributed by atoms with E-state index >= 15 is 0 Å². The van der Waals surface area contributed by atoms with Crippen molar-refractivity contribution >= 4 is 34.1 Å². The second kappa shape index (κ2) is 10.9. The lowest BCUT2D eigenvalue weighted by Gasteiger charge is -2.35. The van der Waals surface area contributed by atoms with E-state index in [4.69, 9.17) is 4.74 Å². The van der Waals surface area contributed by atoms with Crippen LogP contribution in [0.4, 0.5) is 5.00 Å². The highest BCUT2D eigenvalue weighted by molar-refractivity contribution is 7.18. The summed E-state index contributed by atoms with van der Waals surface area (Å²) in [6.45, 7) is 9.60. The summed E-state index contributed by atoms with van der Waals surface area (Å²) >= 11 is 1.24. The molecule has 2 aliphatic heterocycles. The Balaban J connectivity index is 1.40. The number of hydrogen-bond donors (Lipinski definition) is 1. The van der Waals surface area contributed by atoms with Gasteiger partial charge in [-0.25, -0.2) is 4.79 Å². The number of anilines is 1. The highest BCUT2D eigenvalue weighted by atomic mass is 32.1. The Bertz CT molecular complexity index is 752. The Kier molecular flexibility index (Phi) is 8.24. The van der Waals surface area contributed by atoms with E-state index < -0.39 is 0 Å². The number of nitrogens with zero attached hydrogens (tertiary/aromatic N) is 3. The van der Waals surface area contributed by atoms with E-state index in [0.29, 0.717) is 29.6 Å². The minimum atomic E-state index is -0.351. The summed E-state index contributed by atoms with van der Waals surface area (Å²) < 4.78 is 5.04. The van der Waals surface area contributed by atoms with Crippen LogP contribution >= 0.6 is 11.3 Å². The first kappa shape index (κ1) is 22.7. The number of esters is 1. The molecule has 0 aromatic carbocycles. The summed E-state index contributed by atoms with van der Waals surface area (Å²) in [5, 5.41) is 3.55. The fourth-order valence-electron chi connectivity index (χ4n) is 3.86. The zero-order valence-electron chi connectivity index (χ0n) is 17.9. The molecule has 2 amide bonds. The number of likely N-dealkylation sites (tertiary alicyclic amines) is 1.